The molecule has 0 unspecified atom stereocenters. The highest BCUT2D eigenvalue weighted by atomic mass is 16.7. The lowest BCUT2D eigenvalue weighted by Crippen LogP contribution is -2.09. The van der Waals surface area contributed by atoms with Crippen LogP contribution in [-0.2, 0) is 18.9 Å². The summed E-state index contributed by atoms with van der Waals surface area (Å²) in [6, 6.07) is 0. The lowest BCUT2D eigenvalue weighted by Gasteiger charge is -2.17. The normalized spacial score (nSPS) is 12.0. The van der Waals surface area contributed by atoms with Crippen molar-refractivity contribution in [3.8, 4) is 0 Å². The van der Waals surface area contributed by atoms with Gasteiger partial charge in [-0.1, -0.05) is 91.4 Å². The Morgan fingerprint density at radius 2 is 1.04 bits per heavy atom. The largest absolute Gasteiger partial charge is 0.491 e. The van der Waals surface area contributed by atoms with Gasteiger partial charge in [-0.2, -0.15) is 0 Å². The second-order valence-electron chi connectivity index (χ2n) is 7.60. The van der Waals surface area contributed by atoms with Crippen molar-refractivity contribution >= 4 is 0 Å². The first-order valence-electron chi connectivity index (χ1n) is 11.9. The fourth-order valence-electron chi connectivity index (χ4n) is 3.03. The van der Waals surface area contributed by atoms with E-state index in [0.29, 0.717) is 12.6 Å². The van der Waals surface area contributed by atoms with Crippen LogP contribution in [0.3, 0.4) is 0 Å². The summed E-state index contributed by atoms with van der Waals surface area (Å²) in [5, 5.41) is 0. The third kappa shape index (κ3) is 17.2. The van der Waals surface area contributed by atoms with Crippen LogP contribution in [0.2, 0.25) is 0 Å². The molecule has 0 N–H and O–H groups in total. The maximum Gasteiger partial charge on any atom is 0.321 e. The number of rotatable bonds is 22. The molecular formula is C24H48O4. The summed E-state index contributed by atoms with van der Waals surface area (Å²) in [6.45, 7) is 8.28. The molecule has 0 aromatic rings. The van der Waals surface area contributed by atoms with Crippen molar-refractivity contribution in [2.75, 3.05) is 27.1 Å². The Balaban J connectivity index is 4.53. The fraction of sp³-hybridized carbons (Fsp3) is 0.917. The van der Waals surface area contributed by atoms with Gasteiger partial charge in [-0.05, 0) is 19.3 Å². The molecule has 4 heteroatoms. The van der Waals surface area contributed by atoms with Gasteiger partial charge in [0.2, 0.25) is 0 Å². The monoisotopic (exact) mass is 400 g/mol. The summed E-state index contributed by atoms with van der Waals surface area (Å²) in [4.78, 5) is 0. The third-order valence-electron chi connectivity index (χ3n) is 4.80. The van der Waals surface area contributed by atoms with Crippen molar-refractivity contribution in [1.82, 2.24) is 0 Å². The highest BCUT2D eigenvalue weighted by molar-refractivity contribution is 4.95. The van der Waals surface area contributed by atoms with Crippen molar-refractivity contribution in [3.05, 3.63) is 11.7 Å². The standard InChI is InChI=1S/C24H48O4/c1-5-8-11-12-13-14-15-16-19-23(26-20-17-9-6-2)24(28-22-25-4)27-21-18-10-7-3/h5-22H2,1-4H3. The third-order valence-corrected chi connectivity index (χ3v) is 4.80. The zero-order chi connectivity index (χ0) is 20.7. The van der Waals surface area contributed by atoms with Crippen LogP contribution in [0.1, 0.15) is 117 Å². The van der Waals surface area contributed by atoms with E-state index in [0.717, 1.165) is 38.0 Å². The first-order valence-corrected chi connectivity index (χ1v) is 11.9. The molecule has 0 saturated heterocycles. The van der Waals surface area contributed by atoms with E-state index in [2.05, 4.69) is 20.8 Å². The van der Waals surface area contributed by atoms with Crippen LogP contribution < -0.4 is 0 Å². The molecule has 0 aliphatic heterocycles. The molecule has 4 nitrogen and oxygen atoms in total. The SMILES string of the molecule is CCCCCCCCCCC(OCCCCC)=C(OCCCCC)OCOC. The van der Waals surface area contributed by atoms with E-state index >= 15 is 0 Å². The minimum Gasteiger partial charge on any atom is -0.491 e. The second kappa shape index (κ2) is 22.4. The lowest BCUT2D eigenvalue weighted by atomic mass is 10.1. The number of ether oxygens (including phenoxy) is 4. The number of allylic oxidation sites excluding steroid dienone is 1. The summed E-state index contributed by atoms with van der Waals surface area (Å²) >= 11 is 0. The van der Waals surface area contributed by atoms with Crippen LogP contribution >= 0.6 is 0 Å². The Bertz CT molecular complexity index is 341. The molecule has 0 rings (SSSR count). The van der Waals surface area contributed by atoms with E-state index < -0.39 is 0 Å². The van der Waals surface area contributed by atoms with E-state index in [4.69, 9.17) is 18.9 Å². The second-order valence-corrected chi connectivity index (χ2v) is 7.60. The van der Waals surface area contributed by atoms with E-state index in [1.54, 1.807) is 7.11 Å². The predicted octanol–water partition coefficient (Wildman–Crippen LogP) is 7.72. The molecule has 0 radical (unpaired) electrons. The summed E-state index contributed by atoms with van der Waals surface area (Å²) < 4.78 is 22.8. The van der Waals surface area contributed by atoms with Crippen molar-refractivity contribution in [1.29, 1.82) is 0 Å². The molecule has 0 amide bonds. The highest BCUT2D eigenvalue weighted by Gasteiger charge is 2.13. The molecule has 28 heavy (non-hydrogen) atoms. The van der Waals surface area contributed by atoms with E-state index in [1.165, 1.54) is 70.6 Å². The van der Waals surface area contributed by atoms with Crippen molar-refractivity contribution < 1.29 is 18.9 Å². The van der Waals surface area contributed by atoms with Gasteiger partial charge in [0.05, 0.1) is 13.2 Å². The molecule has 0 spiro atoms. The predicted molar refractivity (Wildman–Crippen MR) is 118 cm³/mol. The maximum atomic E-state index is 6.09. The minimum atomic E-state index is 0.197. The summed E-state index contributed by atoms with van der Waals surface area (Å²) in [7, 11) is 1.63. The molecule has 0 aliphatic carbocycles. The Hall–Kier alpha value is -0.900. The maximum absolute atomic E-state index is 6.09. The van der Waals surface area contributed by atoms with Gasteiger partial charge in [0, 0.05) is 13.5 Å². The molecule has 0 atom stereocenters. The van der Waals surface area contributed by atoms with Gasteiger partial charge in [-0.25, -0.2) is 0 Å². The van der Waals surface area contributed by atoms with Gasteiger partial charge in [-0.3, -0.25) is 0 Å². The topological polar surface area (TPSA) is 36.9 Å². The zero-order valence-electron chi connectivity index (χ0n) is 19.4. The van der Waals surface area contributed by atoms with Gasteiger partial charge in [0.15, 0.2) is 12.6 Å². The van der Waals surface area contributed by atoms with Crippen molar-refractivity contribution in [3.63, 3.8) is 0 Å². The molecule has 0 aromatic carbocycles. The van der Waals surface area contributed by atoms with E-state index in [9.17, 15) is 0 Å². The van der Waals surface area contributed by atoms with Crippen LogP contribution in [0.15, 0.2) is 11.7 Å². The minimum absolute atomic E-state index is 0.197. The van der Waals surface area contributed by atoms with E-state index in [-0.39, 0.29) is 6.79 Å². The molecule has 168 valence electrons. The van der Waals surface area contributed by atoms with Crippen LogP contribution in [0, 0.1) is 0 Å². The first kappa shape index (κ1) is 27.1. The molecule has 0 heterocycles. The van der Waals surface area contributed by atoms with Gasteiger partial charge in [0.1, 0.15) is 0 Å². The van der Waals surface area contributed by atoms with Crippen LogP contribution in [-0.4, -0.2) is 27.1 Å². The van der Waals surface area contributed by atoms with Gasteiger partial charge >= 0.3 is 5.95 Å². The fourth-order valence-corrected chi connectivity index (χ4v) is 3.03. The van der Waals surface area contributed by atoms with Crippen LogP contribution in [0.25, 0.3) is 0 Å². The summed E-state index contributed by atoms with van der Waals surface area (Å²) in [5.74, 6) is 1.41. The zero-order valence-corrected chi connectivity index (χ0v) is 19.4. The number of methoxy groups -OCH3 is 1. The highest BCUT2D eigenvalue weighted by Crippen LogP contribution is 2.20. The Morgan fingerprint density at radius 3 is 1.61 bits per heavy atom. The van der Waals surface area contributed by atoms with Gasteiger partial charge in [-0.15, -0.1) is 0 Å². The van der Waals surface area contributed by atoms with Gasteiger partial charge < -0.3 is 18.9 Å². The average molecular weight is 401 g/mol. The summed E-state index contributed by atoms with van der Waals surface area (Å²) in [6.07, 6.45) is 18.2. The van der Waals surface area contributed by atoms with Crippen molar-refractivity contribution in [2.45, 2.75) is 117 Å². The average Bonchev–Trinajstić information content (AvgIpc) is 2.71. The molecule has 0 aromatic heterocycles. The molecular weight excluding hydrogens is 352 g/mol. The molecule has 0 bridgehead atoms. The first-order chi connectivity index (χ1) is 13.8. The van der Waals surface area contributed by atoms with Crippen LogP contribution in [0.5, 0.6) is 0 Å². The van der Waals surface area contributed by atoms with Crippen molar-refractivity contribution in [2.24, 2.45) is 0 Å². The molecule has 0 saturated carbocycles. The quantitative estimate of drug-likeness (QED) is 0.106. The molecule has 0 aliphatic rings. The van der Waals surface area contributed by atoms with Crippen LogP contribution in [0.4, 0.5) is 0 Å². The number of hydrogen-bond acceptors (Lipinski definition) is 4. The van der Waals surface area contributed by atoms with Gasteiger partial charge in [0.25, 0.3) is 0 Å². The Labute approximate surface area is 175 Å². The smallest absolute Gasteiger partial charge is 0.321 e. The Kier molecular flexibility index (Phi) is 21.7. The lowest BCUT2D eigenvalue weighted by molar-refractivity contribution is -0.0692. The molecule has 0 fully saturated rings. The van der Waals surface area contributed by atoms with E-state index in [1.807, 2.05) is 0 Å². The summed E-state index contributed by atoms with van der Waals surface area (Å²) in [5.41, 5.74) is 0. The number of hydrogen-bond donors (Lipinski definition) is 0. The Morgan fingerprint density at radius 1 is 0.536 bits per heavy atom. The number of unbranched alkanes of at least 4 members (excludes halogenated alkanes) is 11.